The number of anilines is 1. The number of aryl methyl sites for hydroxylation is 2. The van der Waals surface area contributed by atoms with Gasteiger partial charge in [-0.2, -0.15) is 0 Å². The third-order valence-electron chi connectivity index (χ3n) is 3.25. The van der Waals surface area contributed by atoms with Gasteiger partial charge in [-0.15, -0.1) is 22.7 Å². The Kier molecular flexibility index (Phi) is 4.80. The van der Waals surface area contributed by atoms with E-state index in [-0.39, 0.29) is 5.91 Å². The van der Waals surface area contributed by atoms with Crippen molar-refractivity contribution in [3.63, 3.8) is 0 Å². The van der Waals surface area contributed by atoms with Crippen LogP contribution in [-0.4, -0.2) is 15.9 Å². The maximum absolute atomic E-state index is 11.8. The van der Waals surface area contributed by atoms with Gasteiger partial charge in [-0.3, -0.25) is 4.79 Å². The van der Waals surface area contributed by atoms with E-state index in [0.717, 1.165) is 34.7 Å². The van der Waals surface area contributed by atoms with Crippen LogP contribution >= 0.6 is 22.7 Å². The van der Waals surface area contributed by atoms with Crippen molar-refractivity contribution in [2.75, 3.05) is 5.32 Å². The highest BCUT2D eigenvalue weighted by Crippen LogP contribution is 2.23. The van der Waals surface area contributed by atoms with E-state index in [0.29, 0.717) is 11.6 Å². The van der Waals surface area contributed by atoms with Crippen LogP contribution in [0.5, 0.6) is 0 Å². The van der Waals surface area contributed by atoms with Crippen LogP contribution in [0.1, 0.15) is 29.1 Å². The van der Waals surface area contributed by atoms with Crippen LogP contribution in [0.15, 0.2) is 30.5 Å². The predicted octanol–water partition coefficient (Wildman–Crippen LogP) is 4.41. The Balaban J connectivity index is 1.42. The number of nitrogens with one attached hydrogen (secondary N) is 1. The van der Waals surface area contributed by atoms with Gasteiger partial charge in [0.05, 0.1) is 15.2 Å². The van der Waals surface area contributed by atoms with Crippen LogP contribution in [-0.2, 0) is 11.2 Å². The summed E-state index contributed by atoms with van der Waals surface area (Å²) < 4.78 is 1.23. The third kappa shape index (κ3) is 3.90. The van der Waals surface area contributed by atoms with Gasteiger partial charge in [0.15, 0.2) is 5.13 Å². The van der Waals surface area contributed by atoms with E-state index >= 15 is 0 Å². The zero-order valence-electron chi connectivity index (χ0n) is 12.3. The smallest absolute Gasteiger partial charge is 0.226 e. The van der Waals surface area contributed by atoms with Gasteiger partial charge in [-0.1, -0.05) is 12.1 Å². The van der Waals surface area contributed by atoms with Crippen molar-refractivity contribution in [1.82, 2.24) is 9.97 Å². The number of unbranched alkanes of at least 4 members (excludes halogenated alkanes) is 1. The van der Waals surface area contributed by atoms with Crippen molar-refractivity contribution in [2.45, 2.75) is 32.6 Å². The second-order valence-electron chi connectivity index (χ2n) is 5.11. The molecule has 22 heavy (non-hydrogen) atoms. The summed E-state index contributed by atoms with van der Waals surface area (Å²) >= 11 is 3.24. The summed E-state index contributed by atoms with van der Waals surface area (Å²) in [6.45, 7) is 1.98. The molecular formula is C16H17N3OS2. The molecule has 0 saturated heterocycles. The van der Waals surface area contributed by atoms with Gasteiger partial charge in [0.2, 0.25) is 5.91 Å². The largest absolute Gasteiger partial charge is 0.302 e. The number of hydrogen-bond donors (Lipinski definition) is 1. The average Bonchev–Trinajstić information content (AvgIpc) is 3.09. The Bertz CT molecular complexity index is 745. The summed E-state index contributed by atoms with van der Waals surface area (Å²) in [6.07, 6.45) is 5.08. The Morgan fingerprint density at radius 3 is 2.86 bits per heavy atom. The molecule has 0 radical (unpaired) electrons. The zero-order valence-corrected chi connectivity index (χ0v) is 14.0. The summed E-state index contributed by atoms with van der Waals surface area (Å²) in [5.74, 6) is 0.0404. The van der Waals surface area contributed by atoms with Crippen molar-refractivity contribution in [3.8, 4) is 0 Å². The van der Waals surface area contributed by atoms with Gasteiger partial charge in [0.25, 0.3) is 0 Å². The minimum atomic E-state index is 0.0404. The molecule has 3 aromatic rings. The van der Waals surface area contributed by atoms with Gasteiger partial charge in [-0.05, 0) is 38.3 Å². The van der Waals surface area contributed by atoms with Crippen molar-refractivity contribution in [3.05, 3.63) is 40.3 Å². The number of nitrogens with zero attached hydrogens (tertiary/aromatic N) is 2. The Morgan fingerprint density at radius 1 is 1.23 bits per heavy atom. The van der Waals surface area contributed by atoms with Crippen LogP contribution < -0.4 is 5.32 Å². The van der Waals surface area contributed by atoms with Crippen molar-refractivity contribution in [1.29, 1.82) is 0 Å². The predicted molar refractivity (Wildman–Crippen MR) is 92.7 cm³/mol. The van der Waals surface area contributed by atoms with E-state index in [2.05, 4.69) is 21.4 Å². The molecule has 0 spiro atoms. The van der Waals surface area contributed by atoms with Gasteiger partial charge >= 0.3 is 0 Å². The number of thiazole rings is 2. The molecule has 0 aliphatic heterocycles. The molecule has 0 atom stereocenters. The molecule has 2 heterocycles. The highest BCUT2D eigenvalue weighted by Gasteiger charge is 2.06. The molecule has 0 fully saturated rings. The molecule has 0 unspecified atom stereocenters. The SMILES string of the molecule is Cc1cnc(NC(=O)CCCCc2nc3ccccc3s2)s1. The van der Waals surface area contributed by atoms with Crippen molar-refractivity contribution < 1.29 is 4.79 Å². The molecule has 0 aliphatic carbocycles. The van der Waals surface area contributed by atoms with Gasteiger partial charge < -0.3 is 5.32 Å². The first-order chi connectivity index (χ1) is 10.7. The molecule has 4 nitrogen and oxygen atoms in total. The number of para-hydroxylation sites is 1. The molecule has 6 heteroatoms. The minimum absolute atomic E-state index is 0.0404. The maximum atomic E-state index is 11.8. The molecule has 0 saturated carbocycles. The fourth-order valence-electron chi connectivity index (χ4n) is 2.18. The lowest BCUT2D eigenvalue weighted by molar-refractivity contribution is -0.116. The highest BCUT2D eigenvalue weighted by molar-refractivity contribution is 7.18. The Labute approximate surface area is 137 Å². The van der Waals surface area contributed by atoms with E-state index in [9.17, 15) is 4.79 Å². The number of aromatic nitrogens is 2. The van der Waals surface area contributed by atoms with Crippen LogP contribution in [0.25, 0.3) is 10.2 Å². The first-order valence-electron chi connectivity index (χ1n) is 7.27. The Morgan fingerprint density at radius 2 is 2.09 bits per heavy atom. The number of amides is 1. The second kappa shape index (κ2) is 6.98. The molecule has 1 aromatic carbocycles. The first-order valence-corrected chi connectivity index (χ1v) is 8.91. The summed E-state index contributed by atoms with van der Waals surface area (Å²) in [7, 11) is 0. The number of benzene rings is 1. The highest BCUT2D eigenvalue weighted by atomic mass is 32.1. The van der Waals surface area contributed by atoms with Gasteiger partial charge in [-0.25, -0.2) is 9.97 Å². The fourth-order valence-corrected chi connectivity index (χ4v) is 3.87. The lowest BCUT2D eigenvalue weighted by Crippen LogP contribution is -2.10. The maximum Gasteiger partial charge on any atom is 0.226 e. The lowest BCUT2D eigenvalue weighted by Gasteiger charge is -2.01. The standard InChI is InChI=1S/C16H17N3OS2/c1-11-10-17-16(21-11)19-14(20)8-4-5-9-15-18-12-6-2-3-7-13(12)22-15/h2-3,6-7,10H,4-5,8-9H2,1H3,(H,17,19,20). The molecule has 0 bridgehead atoms. The van der Waals surface area contributed by atoms with E-state index < -0.39 is 0 Å². The average molecular weight is 331 g/mol. The monoisotopic (exact) mass is 331 g/mol. The number of carbonyl (C=O) groups is 1. The summed E-state index contributed by atoms with van der Waals surface area (Å²) in [5.41, 5.74) is 1.07. The molecule has 2 aromatic heterocycles. The first kappa shape index (κ1) is 15.1. The summed E-state index contributed by atoms with van der Waals surface area (Å²) in [4.78, 5) is 21.7. The molecule has 0 aliphatic rings. The quantitative estimate of drug-likeness (QED) is 0.681. The molecular weight excluding hydrogens is 314 g/mol. The fraction of sp³-hybridized carbons (Fsp3) is 0.312. The summed E-state index contributed by atoms with van der Waals surface area (Å²) in [6, 6.07) is 8.18. The molecule has 3 rings (SSSR count). The summed E-state index contributed by atoms with van der Waals surface area (Å²) in [5, 5.41) is 4.68. The normalized spacial score (nSPS) is 11.0. The van der Waals surface area contributed by atoms with Gasteiger partial charge in [0, 0.05) is 17.5 Å². The van der Waals surface area contributed by atoms with Gasteiger partial charge in [0.1, 0.15) is 0 Å². The number of carbonyl (C=O) groups excluding carboxylic acids is 1. The third-order valence-corrected chi connectivity index (χ3v) is 5.17. The van der Waals surface area contributed by atoms with Crippen LogP contribution in [0.2, 0.25) is 0 Å². The topological polar surface area (TPSA) is 54.9 Å². The van der Waals surface area contributed by atoms with E-state index in [1.54, 1.807) is 17.5 Å². The van der Waals surface area contributed by atoms with E-state index in [1.807, 2.05) is 25.1 Å². The van der Waals surface area contributed by atoms with Crippen LogP contribution in [0.3, 0.4) is 0 Å². The second-order valence-corrected chi connectivity index (χ2v) is 7.46. The Hall–Kier alpha value is -1.79. The number of fused-ring (bicyclic) bond motifs is 1. The molecule has 1 N–H and O–H groups in total. The zero-order chi connectivity index (χ0) is 15.4. The number of rotatable bonds is 6. The number of hydrogen-bond acceptors (Lipinski definition) is 5. The van der Waals surface area contributed by atoms with E-state index in [1.165, 1.54) is 16.0 Å². The van der Waals surface area contributed by atoms with E-state index in [4.69, 9.17) is 0 Å². The van der Waals surface area contributed by atoms with Crippen molar-refractivity contribution >= 4 is 43.9 Å². The minimum Gasteiger partial charge on any atom is -0.302 e. The van der Waals surface area contributed by atoms with Crippen LogP contribution in [0, 0.1) is 6.92 Å². The lowest BCUT2D eigenvalue weighted by atomic mass is 10.2. The van der Waals surface area contributed by atoms with Crippen molar-refractivity contribution in [2.24, 2.45) is 0 Å². The molecule has 1 amide bonds. The molecule has 114 valence electrons. The van der Waals surface area contributed by atoms with Crippen LogP contribution in [0.4, 0.5) is 5.13 Å².